The minimum Gasteiger partial charge on any atom is -0.352 e. The summed E-state index contributed by atoms with van der Waals surface area (Å²) in [7, 11) is 1.79. The lowest BCUT2D eigenvalue weighted by Gasteiger charge is -2.23. The Kier molecular flexibility index (Phi) is 5.97. The molecule has 1 aliphatic carbocycles. The zero-order valence-corrected chi connectivity index (χ0v) is 14.3. The van der Waals surface area contributed by atoms with Crippen molar-refractivity contribution in [1.82, 2.24) is 15.5 Å². The quantitative estimate of drug-likeness (QED) is 0.766. The predicted molar refractivity (Wildman–Crippen MR) is 88.7 cm³/mol. The fourth-order valence-electron chi connectivity index (χ4n) is 2.30. The molecular weight excluding hydrogens is 298 g/mol. The van der Waals surface area contributed by atoms with E-state index in [0.29, 0.717) is 12.0 Å². The molecule has 22 heavy (non-hydrogen) atoms. The molecule has 1 unspecified atom stereocenters. The van der Waals surface area contributed by atoms with Crippen molar-refractivity contribution in [3.63, 3.8) is 0 Å². The van der Waals surface area contributed by atoms with Crippen molar-refractivity contribution in [2.45, 2.75) is 38.8 Å². The predicted octanol–water partition coefficient (Wildman–Crippen LogP) is 1.77. The van der Waals surface area contributed by atoms with Crippen molar-refractivity contribution in [3.05, 3.63) is 22.4 Å². The lowest BCUT2D eigenvalue weighted by Crippen LogP contribution is -2.42. The third kappa shape index (κ3) is 5.42. The SMILES string of the molecule is CC(C)C(NC(=O)CN(C)CC(=O)NC1CC1)c1cccs1. The van der Waals surface area contributed by atoms with Crippen LogP contribution >= 0.6 is 11.3 Å². The van der Waals surface area contributed by atoms with E-state index in [0.717, 1.165) is 17.7 Å². The van der Waals surface area contributed by atoms with Crippen molar-refractivity contribution in [2.75, 3.05) is 20.1 Å². The zero-order valence-electron chi connectivity index (χ0n) is 13.5. The maximum Gasteiger partial charge on any atom is 0.234 e. The average Bonchev–Trinajstić information content (AvgIpc) is 3.05. The fourth-order valence-corrected chi connectivity index (χ4v) is 3.25. The van der Waals surface area contributed by atoms with E-state index < -0.39 is 0 Å². The fraction of sp³-hybridized carbons (Fsp3) is 0.625. The van der Waals surface area contributed by atoms with Crippen LogP contribution in [0.1, 0.15) is 37.6 Å². The highest BCUT2D eigenvalue weighted by Crippen LogP contribution is 2.25. The molecule has 1 heterocycles. The van der Waals surface area contributed by atoms with E-state index in [2.05, 4.69) is 24.5 Å². The Morgan fingerprint density at radius 3 is 2.55 bits per heavy atom. The molecule has 0 aliphatic heterocycles. The minimum atomic E-state index is -0.0474. The van der Waals surface area contributed by atoms with Crippen molar-refractivity contribution in [1.29, 1.82) is 0 Å². The van der Waals surface area contributed by atoms with Crippen LogP contribution in [0.15, 0.2) is 17.5 Å². The molecule has 2 rings (SSSR count). The van der Waals surface area contributed by atoms with E-state index in [1.54, 1.807) is 23.3 Å². The number of rotatable bonds is 8. The summed E-state index contributed by atoms with van der Waals surface area (Å²) in [5, 5.41) is 8.02. The summed E-state index contributed by atoms with van der Waals surface area (Å²) >= 11 is 1.65. The number of hydrogen-bond donors (Lipinski definition) is 2. The van der Waals surface area contributed by atoms with Gasteiger partial charge in [0.05, 0.1) is 19.1 Å². The first-order chi connectivity index (χ1) is 10.5. The van der Waals surface area contributed by atoms with Gasteiger partial charge in [-0.3, -0.25) is 14.5 Å². The third-order valence-electron chi connectivity index (χ3n) is 3.60. The van der Waals surface area contributed by atoms with Gasteiger partial charge in [0.2, 0.25) is 11.8 Å². The standard InChI is InChI=1S/C16H25N3O2S/c1-11(2)16(13-5-4-8-22-13)18-15(21)10-19(3)9-14(20)17-12-6-7-12/h4-5,8,11-12,16H,6-7,9-10H2,1-3H3,(H,17,20)(H,18,21). The van der Waals surface area contributed by atoms with Gasteiger partial charge in [0.1, 0.15) is 0 Å². The van der Waals surface area contributed by atoms with Gasteiger partial charge in [0.15, 0.2) is 0 Å². The lowest BCUT2D eigenvalue weighted by molar-refractivity contribution is -0.125. The third-order valence-corrected chi connectivity index (χ3v) is 4.56. The first-order valence-electron chi connectivity index (χ1n) is 7.76. The van der Waals surface area contributed by atoms with Crippen molar-refractivity contribution in [3.8, 4) is 0 Å². The number of carbonyl (C=O) groups is 2. The molecular formula is C16H25N3O2S. The van der Waals surface area contributed by atoms with Crippen molar-refractivity contribution >= 4 is 23.2 Å². The van der Waals surface area contributed by atoms with Crippen LogP contribution in [0.5, 0.6) is 0 Å². The highest BCUT2D eigenvalue weighted by atomic mass is 32.1. The summed E-state index contributed by atoms with van der Waals surface area (Å²) in [6, 6.07) is 4.43. The van der Waals surface area contributed by atoms with Crippen molar-refractivity contribution < 1.29 is 9.59 Å². The molecule has 1 aromatic rings. The number of hydrogen-bond acceptors (Lipinski definition) is 4. The molecule has 0 saturated heterocycles. The van der Waals surface area contributed by atoms with Crippen LogP contribution < -0.4 is 10.6 Å². The van der Waals surface area contributed by atoms with E-state index in [1.807, 2.05) is 17.5 Å². The Morgan fingerprint density at radius 1 is 1.32 bits per heavy atom. The van der Waals surface area contributed by atoms with Crippen LogP contribution in [-0.2, 0) is 9.59 Å². The molecule has 1 atom stereocenters. The second-order valence-electron chi connectivity index (χ2n) is 6.32. The summed E-state index contributed by atoms with van der Waals surface area (Å²) in [6.07, 6.45) is 2.15. The van der Waals surface area contributed by atoms with Gasteiger partial charge in [-0.25, -0.2) is 0 Å². The molecule has 2 amide bonds. The van der Waals surface area contributed by atoms with Gasteiger partial charge in [-0.05, 0) is 37.3 Å². The monoisotopic (exact) mass is 323 g/mol. The number of nitrogens with one attached hydrogen (secondary N) is 2. The average molecular weight is 323 g/mol. The summed E-state index contributed by atoms with van der Waals surface area (Å²) in [5.74, 6) is 0.274. The first-order valence-corrected chi connectivity index (χ1v) is 8.64. The molecule has 1 saturated carbocycles. The molecule has 6 heteroatoms. The summed E-state index contributed by atoms with van der Waals surface area (Å²) < 4.78 is 0. The van der Waals surface area contributed by atoms with Gasteiger partial charge in [-0.1, -0.05) is 19.9 Å². The summed E-state index contributed by atoms with van der Waals surface area (Å²) in [5.41, 5.74) is 0. The van der Waals surface area contributed by atoms with Gasteiger partial charge < -0.3 is 10.6 Å². The van der Waals surface area contributed by atoms with Crippen LogP contribution in [0.3, 0.4) is 0 Å². The highest BCUT2D eigenvalue weighted by molar-refractivity contribution is 7.10. The largest absolute Gasteiger partial charge is 0.352 e. The molecule has 0 spiro atoms. The zero-order chi connectivity index (χ0) is 16.1. The Bertz CT molecular complexity index is 497. The molecule has 0 radical (unpaired) electrons. The van der Waals surface area contributed by atoms with Gasteiger partial charge in [-0.2, -0.15) is 0 Å². The molecule has 1 aliphatic rings. The van der Waals surface area contributed by atoms with E-state index in [9.17, 15) is 9.59 Å². The molecule has 122 valence electrons. The second-order valence-corrected chi connectivity index (χ2v) is 7.30. The minimum absolute atomic E-state index is 0.00327. The number of thiophene rings is 1. The summed E-state index contributed by atoms with van der Waals surface area (Å²) in [6.45, 7) is 4.68. The maximum atomic E-state index is 12.2. The van der Waals surface area contributed by atoms with Crippen molar-refractivity contribution in [2.24, 2.45) is 5.92 Å². The van der Waals surface area contributed by atoms with Crippen LogP contribution in [0.2, 0.25) is 0 Å². The normalized spacial score (nSPS) is 15.9. The number of nitrogens with zero attached hydrogens (tertiary/aromatic N) is 1. The van der Waals surface area contributed by atoms with Crippen LogP contribution in [-0.4, -0.2) is 42.9 Å². The van der Waals surface area contributed by atoms with Gasteiger partial charge >= 0.3 is 0 Å². The lowest BCUT2D eigenvalue weighted by atomic mass is 10.0. The maximum absolute atomic E-state index is 12.2. The Hall–Kier alpha value is -1.40. The topological polar surface area (TPSA) is 61.4 Å². The number of likely N-dealkylation sites (N-methyl/N-ethyl adjacent to an activating group) is 1. The smallest absolute Gasteiger partial charge is 0.234 e. The Morgan fingerprint density at radius 2 is 2.00 bits per heavy atom. The molecule has 2 N–H and O–H groups in total. The Labute approximate surface area is 136 Å². The molecule has 0 aromatic carbocycles. The molecule has 0 bridgehead atoms. The van der Waals surface area contributed by atoms with E-state index in [4.69, 9.17) is 0 Å². The Balaban J connectivity index is 1.78. The van der Waals surface area contributed by atoms with Gasteiger partial charge in [0, 0.05) is 10.9 Å². The van der Waals surface area contributed by atoms with Gasteiger partial charge in [-0.15, -0.1) is 11.3 Å². The molecule has 5 nitrogen and oxygen atoms in total. The second kappa shape index (κ2) is 7.74. The van der Waals surface area contributed by atoms with Crippen LogP contribution in [0, 0.1) is 5.92 Å². The van der Waals surface area contributed by atoms with Crippen LogP contribution in [0.25, 0.3) is 0 Å². The molecule has 1 aromatic heterocycles. The summed E-state index contributed by atoms with van der Waals surface area (Å²) in [4.78, 5) is 26.8. The van der Waals surface area contributed by atoms with E-state index in [1.165, 1.54) is 0 Å². The van der Waals surface area contributed by atoms with Crippen LogP contribution in [0.4, 0.5) is 0 Å². The first kappa shape index (κ1) is 17.0. The number of amides is 2. The van der Waals surface area contributed by atoms with Gasteiger partial charge in [0.25, 0.3) is 0 Å². The van der Waals surface area contributed by atoms with E-state index in [-0.39, 0.29) is 30.9 Å². The molecule has 1 fully saturated rings. The highest BCUT2D eigenvalue weighted by Gasteiger charge is 2.24. The number of carbonyl (C=O) groups excluding carboxylic acids is 2. The van der Waals surface area contributed by atoms with E-state index >= 15 is 0 Å².